The van der Waals surface area contributed by atoms with E-state index in [1.165, 1.54) is 24.7 Å². The quantitative estimate of drug-likeness (QED) is 0.572. The van der Waals surface area contributed by atoms with E-state index in [2.05, 4.69) is 21.1 Å². The average Bonchev–Trinajstić information content (AvgIpc) is 3.42. The standard InChI is InChI=1S/C18H23FN4.2C2HF3O2/c1-21-7-15(6-20-21)9-23-12-16-10-22(11-17(16)13-23)8-14-3-2-4-18(19)5-14;2*3-2(4,5)1(6)7/h2-7,16-17H,8-13H2,1H3;2*(H,6,7)/t16-,17+;;. The first-order valence-electron chi connectivity index (χ1n) is 10.8. The number of fused-ring (bicyclic) bond motifs is 1. The molecule has 2 aromatic rings. The van der Waals surface area contributed by atoms with Gasteiger partial charge in [-0.1, -0.05) is 12.1 Å². The van der Waals surface area contributed by atoms with Crippen molar-refractivity contribution in [3.05, 3.63) is 53.6 Å². The smallest absolute Gasteiger partial charge is 0.475 e. The summed E-state index contributed by atoms with van der Waals surface area (Å²) in [5.41, 5.74) is 2.38. The molecule has 2 atom stereocenters. The lowest BCUT2D eigenvalue weighted by molar-refractivity contribution is -0.193. The predicted molar refractivity (Wildman–Crippen MR) is 115 cm³/mol. The number of carbonyl (C=O) groups is 2. The molecule has 2 aliphatic rings. The number of aryl methyl sites for hydroxylation is 1. The Balaban J connectivity index is 0.000000286. The Morgan fingerprint density at radius 2 is 1.32 bits per heavy atom. The van der Waals surface area contributed by atoms with Gasteiger partial charge in [0.15, 0.2) is 0 Å². The molecule has 0 radical (unpaired) electrons. The zero-order chi connectivity index (χ0) is 28.0. The summed E-state index contributed by atoms with van der Waals surface area (Å²) in [6.45, 7) is 6.46. The molecule has 8 nitrogen and oxygen atoms in total. The normalized spacial score (nSPS) is 19.9. The Morgan fingerprint density at radius 1 is 0.892 bits per heavy atom. The molecule has 2 aliphatic heterocycles. The molecule has 2 fully saturated rings. The summed E-state index contributed by atoms with van der Waals surface area (Å²) in [6.07, 6.45) is -6.10. The second-order valence-corrected chi connectivity index (χ2v) is 8.67. The van der Waals surface area contributed by atoms with E-state index in [-0.39, 0.29) is 5.82 Å². The van der Waals surface area contributed by atoms with Gasteiger partial charge in [-0.3, -0.25) is 14.5 Å². The van der Waals surface area contributed by atoms with Gasteiger partial charge >= 0.3 is 24.3 Å². The number of halogens is 7. The SMILES string of the molecule is Cn1cc(CN2C[C@H]3CN(Cc4cccc(F)c4)C[C@H]3C2)cn1.O=C(O)C(F)(F)F.O=C(O)C(F)(F)F. The van der Waals surface area contributed by atoms with Gasteiger partial charge in [-0.15, -0.1) is 0 Å². The molecule has 2 saturated heterocycles. The molecule has 37 heavy (non-hydrogen) atoms. The summed E-state index contributed by atoms with van der Waals surface area (Å²) in [4.78, 5) is 22.8. The Bertz CT molecular complexity index is 1020. The lowest BCUT2D eigenvalue weighted by Gasteiger charge is -2.21. The maximum Gasteiger partial charge on any atom is 0.490 e. The van der Waals surface area contributed by atoms with Crippen molar-refractivity contribution < 1.29 is 50.5 Å². The number of aromatic nitrogens is 2. The van der Waals surface area contributed by atoms with Gasteiger partial charge in [-0.05, 0) is 29.5 Å². The third-order valence-corrected chi connectivity index (χ3v) is 5.58. The highest BCUT2D eigenvalue weighted by Crippen LogP contribution is 2.32. The van der Waals surface area contributed by atoms with Gasteiger partial charge in [0.25, 0.3) is 0 Å². The van der Waals surface area contributed by atoms with E-state index in [1.54, 1.807) is 12.1 Å². The molecule has 2 N–H and O–H groups in total. The second kappa shape index (κ2) is 12.4. The third kappa shape index (κ3) is 9.99. The maximum absolute atomic E-state index is 13.3. The molecule has 0 bridgehead atoms. The molecule has 3 heterocycles. The van der Waals surface area contributed by atoms with Crippen LogP contribution in [0.3, 0.4) is 0 Å². The first-order valence-corrected chi connectivity index (χ1v) is 10.8. The monoisotopic (exact) mass is 542 g/mol. The molecule has 0 saturated carbocycles. The number of likely N-dealkylation sites (tertiary alicyclic amines) is 2. The summed E-state index contributed by atoms with van der Waals surface area (Å²) in [6, 6.07) is 6.99. The van der Waals surface area contributed by atoms with E-state index in [0.29, 0.717) is 0 Å². The van der Waals surface area contributed by atoms with Crippen LogP contribution in [-0.2, 0) is 29.7 Å². The van der Waals surface area contributed by atoms with E-state index in [9.17, 15) is 30.7 Å². The molecule has 1 aromatic heterocycles. The van der Waals surface area contributed by atoms with Crippen LogP contribution in [0, 0.1) is 17.7 Å². The van der Waals surface area contributed by atoms with E-state index < -0.39 is 24.3 Å². The first-order chi connectivity index (χ1) is 17.0. The van der Waals surface area contributed by atoms with Crippen LogP contribution < -0.4 is 0 Å². The number of hydrogen-bond acceptors (Lipinski definition) is 5. The van der Waals surface area contributed by atoms with Gasteiger partial charge in [0.05, 0.1) is 6.20 Å². The van der Waals surface area contributed by atoms with Crippen LogP contribution in [0.25, 0.3) is 0 Å². The number of carboxylic acids is 2. The van der Waals surface area contributed by atoms with Gasteiger partial charge in [0.2, 0.25) is 0 Å². The lowest BCUT2D eigenvalue weighted by atomic mass is 10.0. The Labute approximate surface area is 206 Å². The van der Waals surface area contributed by atoms with E-state index in [4.69, 9.17) is 19.8 Å². The third-order valence-electron chi connectivity index (χ3n) is 5.58. The molecule has 15 heteroatoms. The highest BCUT2D eigenvalue weighted by Gasteiger charge is 2.40. The Hall–Kier alpha value is -3.20. The van der Waals surface area contributed by atoms with Gasteiger partial charge in [0.1, 0.15) is 5.82 Å². The van der Waals surface area contributed by atoms with Crippen LogP contribution in [0.4, 0.5) is 30.7 Å². The molecule has 0 aliphatic carbocycles. The van der Waals surface area contributed by atoms with Crippen molar-refractivity contribution in [2.45, 2.75) is 25.4 Å². The zero-order valence-corrected chi connectivity index (χ0v) is 19.5. The number of hydrogen-bond donors (Lipinski definition) is 2. The fourth-order valence-electron chi connectivity index (χ4n) is 4.15. The van der Waals surface area contributed by atoms with Crippen molar-refractivity contribution in [1.82, 2.24) is 19.6 Å². The molecule has 0 unspecified atom stereocenters. The summed E-state index contributed by atoms with van der Waals surface area (Å²) >= 11 is 0. The predicted octanol–water partition coefficient (Wildman–Crippen LogP) is 3.39. The summed E-state index contributed by atoms with van der Waals surface area (Å²) in [5.74, 6) is -4.15. The van der Waals surface area contributed by atoms with E-state index in [1.807, 2.05) is 24.0 Å². The van der Waals surface area contributed by atoms with Crippen molar-refractivity contribution in [1.29, 1.82) is 0 Å². The number of nitrogens with zero attached hydrogens (tertiary/aromatic N) is 4. The van der Waals surface area contributed by atoms with Crippen LogP contribution >= 0.6 is 0 Å². The second-order valence-electron chi connectivity index (χ2n) is 8.67. The van der Waals surface area contributed by atoms with Crippen LogP contribution in [0.5, 0.6) is 0 Å². The van der Waals surface area contributed by atoms with Gasteiger partial charge in [-0.25, -0.2) is 14.0 Å². The maximum atomic E-state index is 13.3. The average molecular weight is 542 g/mol. The number of carboxylic acid groups (broad SMARTS) is 2. The highest BCUT2D eigenvalue weighted by molar-refractivity contribution is 5.73. The van der Waals surface area contributed by atoms with Crippen LogP contribution in [0.15, 0.2) is 36.7 Å². The molecule has 0 spiro atoms. The summed E-state index contributed by atoms with van der Waals surface area (Å²) in [5, 5.41) is 18.5. The van der Waals surface area contributed by atoms with Crippen molar-refractivity contribution in [2.24, 2.45) is 18.9 Å². The number of aliphatic carboxylic acids is 2. The summed E-state index contributed by atoms with van der Waals surface area (Å²) < 4.78 is 78.6. The van der Waals surface area contributed by atoms with Gasteiger partial charge < -0.3 is 10.2 Å². The minimum Gasteiger partial charge on any atom is -0.475 e. The Kier molecular flexibility index (Phi) is 10.0. The number of rotatable bonds is 4. The van der Waals surface area contributed by atoms with Crippen molar-refractivity contribution in [2.75, 3.05) is 26.2 Å². The fraction of sp³-hybridized carbons (Fsp3) is 0.500. The van der Waals surface area contributed by atoms with Gasteiger partial charge in [-0.2, -0.15) is 31.4 Å². The minimum absolute atomic E-state index is 0.135. The summed E-state index contributed by atoms with van der Waals surface area (Å²) in [7, 11) is 1.96. The largest absolute Gasteiger partial charge is 0.490 e. The van der Waals surface area contributed by atoms with Crippen LogP contribution in [0.1, 0.15) is 11.1 Å². The lowest BCUT2D eigenvalue weighted by Crippen LogP contribution is -2.28. The highest BCUT2D eigenvalue weighted by atomic mass is 19.4. The van der Waals surface area contributed by atoms with Crippen LogP contribution in [-0.4, -0.2) is 80.3 Å². The molecule has 0 amide bonds. The van der Waals surface area contributed by atoms with Gasteiger partial charge in [0, 0.05) is 58.1 Å². The first kappa shape index (κ1) is 30.0. The number of alkyl halides is 6. The molecular weight excluding hydrogens is 517 g/mol. The number of benzene rings is 1. The van der Waals surface area contributed by atoms with Crippen LogP contribution in [0.2, 0.25) is 0 Å². The topological polar surface area (TPSA) is 98.9 Å². The molecule has 206 valence electrons. The minimum atomic E-state index is -5.08. The molecule has 1 aromatic carbocycles. The Morgan fingerprint density at radius 3 is 1.68 bits per heavy atom. The fourth-order valence-corrected chi connectivity index (χ4v) is 4.15. The molecular formula is C22H25F7N4O4. The van der Waals surface area contributed by atoms with E-state index >= 15 is 0 Å². The van der Waals surface area contributed by atoms with Crippen molar-refractivity contribution >= 4 is 11.9 Å². The van der Waals surface area contributed by atoms with Crippen molar-refractivity contribution in [3.8, 4) is 0 Å². The molecule has 4 rings (SSSR count). The zero-order valence-electron chi connectivity index (χ0n) is 19.5. The van der Waals surface area contributed by atoms with E-state index in [0.717, 1.165) is 43.6 Å². The van der Waals surface area contributed by atoms with Crippen molar-refractivity contribution in [3.63, 3.8) is 0 Å².